The SMILES string of the molecule is CCCCc1ccc(-c2cccc3c2C=C(c2ccc(C)cn2)[CH]3[Zr][CH]2C(c3ccc(C)cn3)=Cc3c(-c4ccc(CCCC)cc4)cccc32)cc1. The number of hydrogen-bond donors (Lipinski definition) is 0. The van der Waals surface area contributed by atoms with Gasteiger partial charge in [0.15, 0.2) is 0 Å². The van der Waals surface area contributed by atoms with Gasteiger partial charge in [-0.3, -0.25) is 0 Å². The monoisotopic (exact) mass is 766 g/mol. The van der Waals surface area contributed by atoms with Gasteiger partial charge in [-0.05, 0) is 0 Å². The van der Waals surface area contributed by atoms with Crippen LogP contribution in [0.15, 0.2) is 122 Å². The molecule has 2 aliphatic carbocycles. The molecule has 0 saturated carbocycles. The fraction of sp³-hybridized carbons (Fsp3) is 0.240. The van der Waals surface area contributed by atoms with Crippen LogP contribution in [-0.2, 0) is 36.1 Å². The summed E-state index contributed by atoms with van der Waals surface area (Å²) in [7, 11) is 0. The van der Waals surface area contributed by atoms with E-state index in [0.717, 1.165) is 24.2 Å². The van der Waals surface area contributed by atoms with Gasteiger partial charge in [0, 0.05) is 0 Å². The van der Waals surface area contributed by atoms with E-state index in [9.17, 15) is 0 Å². The minimum atomic E-state index is -1.30. The van der Waals surface area contributed by atoms with E-state index in [0.29, 0.717) is 7.25 Å². The van der Waals surface area contributed by atoms with E-state index in [1.54, 1.807) is 0 Å². The van der Waals surface area contributed by atoms with E-state index in [1.165, 1.54) is 104 Å². The van der Waals surface area contributed by atoms with Crippen molar-refractivity contribution in [3.63, 3.8) is 0 Å². The fourth-order valence-electron chi connectivity index (χ4n) is 8.02. The van der Waals surface area contributed by atoms with Crippen molar-refractivity contribution in [1.82, 2.24) is 9.97 Å². The molecule has 2 aromatic heterocycles. The van der Waals surface area contributed by atoms with E-state index >= 15 is 0 Å². The van der Waals surface area contributed by atoms with Crippen molar-refractivity contribution in [1.29, 1.82) is 0 Å². The molecular formula is C50H48N2Zr. The molecule has 0 bridgehead atoms. The Morgan fingerprint density at radius 2 is 0.943 bits per heavy atom. The Morgan fingerprint density at radius 3 is 1.32 bits per heavy atom. The molecule has 0 amide bonds. The number of allylic oxidation sites excluding steroid dienone is 2. The predicted octanol–water partition coefficient (Wildman–Crippen LogP) is 13.1. The standard InChI is InChI=1S/2C25H24N.Zr/c2*1-3-4-6-19-10-12-20(13-11-19)23-8-5-7-21-15-22(16-24(21)23)25-14-9-18(2)17-26-25;/h2*5,7-17H,3-4,6H2,1-2H3;. The van der Waals surface area contributed by atoms with Crippen LogP contribution in [0.4, 0.5) is 0 Å². The Morgan fingerprint density at radius 1 is 0.509 bits per heavy atom. The second-order valence-corrected chi connectivity index (χ2v) is 18.5. The Balaban J connectivity index is 1.22. The molecule has 0 radical (unpaired) electrons. The molecule has 0 N–H and O–H groups in total. The van der Waals surface area contributed by atoms with Crippen molar-refractivity contribution in [3.05, 3.63) is 177 Å². The summed E-state index contributed by atoms with van der Waals surface area (Å²) < 4.78 is 0.692. The van der Waals surface area contributed by atoms with E-state index < -0.39 is 23.2 Å². The van der Waals surface area contributed by atoms with E-state index in [2.05, 4.69) is 149 Å². The van der Waals surface area contributed by atoms with Gasteiger partial charge in [-0.25, -0.2) is 0 Å². The molecule has 6 aromatic rings. The maximum atomic E-state index is 5.05. The van der Waals surface area contributed by atoms with Gasteiger partial charge in [-0.15, -0.1) is 0 Å². The molecule has 4 aromatic carbocycles. The molecule has 262 valence electrons. The number of aryl methyl sites for hydroxylation is 4. The molecule has 0 fully saturated rings. The molecule has 0 saturated heterocycles. The predicted molar refractivity (Wildman–Crippen MR) is 220 cm³/mol. The zero-order valence-electron chi connectivity index (χ0n) is 31.5. The number of nitrogens with zero attached hydrogens (tertiary/aromatic N) is 2. The van der Waals surface area contributed by atoms with Crippen molar-refractivity contribution >= 4 is 23.3 Å². The first kappa shape index (κ1) is 35.6. The molecule has 2 aliphatic rings. The van der Waals surface area contributed by atoms with E-state index in [1.807, 2.05) is 12.4 Å². The summed E-state index contributed by atoms with van der Waals surface area (Å²) >= 11 is -1.30. The van der Waals surface area contributed by atoms with Crippen LogP contribution in [0.1, 0.15) is 103 Å². The topological polar surface area (TPSA) is 25.8 Å². The fourth-order valence-corrected chi connectivity index (χ4v) is 13.0. The molecule has 2 nitrogen and oxygen atoms in total. The summed E-state index contributed by atoms with van der Waals surface area (Å²) in [5, 5.41) is 0. The first-order chi connectivity index (χ1) is 26.0. The molecule has 8 rings (SSSR count). The van der Waals surface area contributed by atoms with Gasteiger partial charge in [0.25, 0.3) is 0 Å². The van der Waals surface area contributed by atoms with Crippen molar-refractivity contribution in [3.8, 4) is 22.3 Å². The molecular weight excluding hydrogens is 720 g/mol. The molecule has 0 aliphatic heterocycles. The van der Waals surface area contributed by atoms with Crippen LogP contribution in [0, 0.1) is 13.8 Å². The number of aromatic nitrogens is 2. The van der Waals surface area contributed by atoms with Crippen LogP contribution in [0.25, 0.3) is 45.6 Å². The summed E-state index contributed by atoms with van der Waals surface area (Å²) in [6, 6.07) is 41.6. The molecule has 0 spiro atoms. The first-order valence-corrected chi connectivity index (χ1v) is 22.3. The molecule has 2 atom stereocenters. The second-order valence-electron chi connectivity index (χ2n) is 14.9. The van der Waals surface area contributed by atoms with Gasteiger partial charge in [0.1, 0.15) is 0 Å². The molecule has 53 heavy (non-hydrogen) atoms. The third-order valence-electron chi connectivity index (χ3n) is 11.0. The Labute approximate surface area is 327 Å². The number of fused-ring (bicyclic) bond motifs is 2. The number of pyridine rings is 2. The van der Waals surface area contributed by atoms with Gasteiger partial charge in [-0.2, -0.15) is 0 Å². The summed E-state index contributed by atoms with van der Waals surface area (Å²) in [6.07, 6.45) is 16.2. The summed E-state index contributed by atoms with van der Waals surface area (Å²) in [6.45, 7) is 8.78. The van der Waals surface area contributed by atoms with Crippen LogP contribution in [0.2, 0.25) is 0 Å². The van der Waals surface area contributed by atoms with Crippen molar-refractivity contribution in [2.45, 2.75) is 73.5 Å². The third-order valence-corrected chi connectivity index (χ3v) is 15.7. The van der Waals surface area contributed by atoms with Gasteiger partial charge in [0.05, 0.1) is 0 Å². The van der Waals surface area contributed by atoms with Crippen LogP contribution >= 0.6 is 0 Å². The van der Waals surface area contributed by atoms with Crippen molar-refractivity contribution in [2.24, 2.45) is 0 Å². The maximum absolute atomic E-state index is 5.05. The zero-order chi connectivity index (χ0) is 36.3. The summed E-state index contributed by atoms with van der Waals surface area (Å²) in [4.78, 5) is 10.1. The average molecular weight is 768 g/mol. The Kier molecular flexibility index (Phi) is 10.7. The van der Waals surface area contributed by atoms with E-state index in [-0.39, 0.29) is 0 Å². The Bertz CT molecular complexity index is 2110. The van der Waals surface area contributed by atoms with Crippen LogP contribution in [-0.4, -0.2) is 9.97 Å². The Hall–Kier alpha value is -4.46. The van der Waals surface area contributed by atoms with Crippen LogP contribution < -0.4 is 0 Å². The normalized spacial score (nSPS) is 15.8. The second kappa shape index (κ2) is 15.9. The molecule has 2 heterocycles. The van der Waals surface area contributed by atoms with Crippen molar-refractivity contribution < 1.29 is 23.2 Å². The van der Waals surface area contributed by atoms with Gasteiger partial charge >= 0.3 is 330 Å². The molecule has 2 unspecified atom stereocenters. The van der Waals surface area contributed by atoms with Gasteiger partial charge < -0.3 is 0 Å². The quantitative estimate of drug-likeness (QED) is 0.124. The number of benzene rings is 4. The summed E-state index contributed by atoms with van der Waals surface area (Å²) in [5.41, 5.74) is 21.1. The van der Waals surface area contributed by atoms with Gasteiger partial charge in [0.2, 0.25) is 0 Å². The van der Waals surface area contributed by atoms with Gasteiger partial charge in [-0.1, -0.05) is 0 Å². The summed E-state index contributed by atoms with van der Waals surface area (Å²) in [5.74, 6) is 0. The van der Waals surface area contributed by atoms with E-state index in [4.69, 9.17) is 9.97 Å². The van der Waals surface area contributed by atoms with Crippen LogP contribution in [0.3, 0.4) is 0 Å². The number of hydrogen-bond acceptors (Lipinski definition) is 2. The van der Waals surface area contributed by atoms with Crippen molar-refractivity contribution in [2.75, 3.05) is 0 Å². The number of rotatable bonds is 12. The molecule has 3 heteroatoms. The van der Waals surface area contributed by atoms with Crippen LogP contribution in [0.5, 0.6) is 0 Å². The zero-order valence-corrected chi connectivity index (χ0v) is 34.0. The first-order valence-electron chi connectivity index (χ1n) is 19.5. The number of unbranched alkanes of at least 4 members (excludes halogenated alkanes) is 2. The third kappa shape index (κ3) is 7.39. The average Bonchev–Trinajstić information content (AvgIpc) is 3.76. The minimum absolute atomic E-state index is 0.346.